The van der Waals surface area contributed by atoms with Crippen molar-refractivity contribution in [3.05, 3.63) is 34.9 Å². The Morgan fingerprint density at radius 1 is 1.32 bits per heavy atom. The summed E-state index contributed by atoms with van der Waals surface area (Å²) in [5.41, 5.74) is 0.304. The number of benzene rings is 1. The molecule has 3 nitrogen and oxygen atoms in total. The Morgan fingerprint density at radius 3 is 2.52 bits per heavy atom. The van der Waals surface area contributed by atoms with Crippen LogP contribution in [-0.2, 0) is 4.79 Å². The lowest BCUT2D eigenvalue weighted by Gasteiger charge is -2.37. The van der Waals surface area contributed by atoms with Crippen molar-refractivity contribution in [2.75, 3.05) is 7.05 Å². The van der Waals surface area contributed by atoms with Gasteiger partial charge >= 0.3 is 6.18 Å². The molecule has 1 amide bonds. The lowest BCUT2D eigenvalue weighted by Crippen LogP contribution is -2.49. The number of piperidine rings is 1. The lowest BCUT2D eigenvalue weighted by atomic mass is 9.92. The summed E-state index contributed by atoms with van der Waals surface area (Å²) in [7, 11) is 2.08. The van der Waals surface area contributed by atoms with Crippen molar-refractivity contribution in [1.82, 2.24) is 10.2 Å². The first kappa shape index (κ1) is 18.5. The highest BCUT2D eigenvalue weighted by Gasteiger charge is 2.41. The minimum Gasteiger partial charge on any atom is -0.353 e. The minimum atomic E-state index is -4.42. The fraction of sp³-hybridized carbons (Fsp3) is 0.611. The molecule has 3 rings (SSSR count). The molecule has 2 fully saturated rings. The molecule has 2 saturated heterocycles. The zero-order chi connectivity index (χ0) is 18.2. The van der Waals surface area contributed by atoms with Gasteiger partial charge in [-0.2, -0.15) is 13.2 Å². The highest BCUT2D eigenvalue weighted by Crippen LogP contribution is 2.36. The molecule has 1 aromatic rings. The van der Waals surface area contributed by atoms with Gasteiger partial charge in [0.05, 0.1) is 12.3 Å². The zero-order valence-corrected chi connectivity index (χ0v) is 14.8. The van der Waals surface area contributed by atoms with Crippen LogP contribution in [0.15, 0.2) is 24.3 Å². The van der Waals surface area contributed by atoms with Crippen molar-refractivity contribution in [2.24, 2.45) is 0 Å². The van der Waals surface area contributed by atoms with Gasteiger partial charge < -0.3 is 10.2 Å². The SMILES string of the molecule is CN1[C@H]2CC[C@H]1CC(NC(=O)C(CC(F)(F)F)c1cccc(Cl)c1)C2. The third-order valence-corrected chi connectivity index (χ3v) is 5.68. The van der Waals surface area contributed by atoms with Gasteiger partial charge in [-0.1, -0.05) is 23.7 Å². The smallest absolute Gasteiger partial charge is 0.353 e. The van der Waals surface area contributed by atoms with E-state index < -0.39 is 24.4 Å². The van der Waals surface area contributed by atoms with Gasteiger partial charge in [0.15, 0.2) is 0 Å². The van der Waals surface area contributed by atoms with Crippen molar-refractivity contribution in [3.8, 4) is 0 Å². The van der Waals surface area contributed by atoms with E-state index in [0.717, 1.165) is 25.7 Å². The van der Waals surface area contributed by atoms with Gasteiger partial charge in [0.25, 0.3) is 0 Å². The molecule has 0 spiro atoms. The normalized spacial score (nSPS) is 28.0. The lowest BCUT2D eigenvalue weighted by molar-refractivity contribution is -0.148. The third kappa shape index (κ3) is 4.47. The van der Waals surface area contributed by atoms with Crippen molar-refractivity contribution >= 4 is 17.5 Å². The minimum absolute atomic E-state index is 0.0592. The quantitative estimate of drug-likeness (QED) is 0.859. The van der Waals surface area contributed by atoms with Crippen molar-refractivity contribution in [3.63, 3.8) is 0 Å². The van der Waals surface area contributed by atoms with Crippen LogP contribution < -0.4 is 5.32 Å². The van der Waals surface area contributed by atoms with Crippen molar-refractivity contribution in [2.45, 2.75) is 62.3 Å². The molecule has 2 bridgehead atoms. The van der Waals surface area contributed by atoms with E-state index in [9.17, 15) is 18.0 Å². The van der Waals surface area contributed by atoms with Crippen molar-refractivity contribution < 1.29 is 18.0 Å². The molecule has 1 unspecified atom stereocenters. The van der Waals surface area contributed by atoms with Gasteiger partial charge in [0, 0.05) is 23.1 Å². The molecule has 138 valence electrons. The van der Waals surface area contributed by atoms with Crippen LogP contribution in [-0.4, -0.2) is 42.2 Å². The molecule has 25 heavy (non-hydrogen) atoms. The van der Waals surface area contributed by atoms with Crippen LogP contribution >= 0.6 is 11.6 Å². The number of carbonyl (C=O) groups excluding carboxylic acids is 1. The summed E-state index contributed by atoms with van der Waals surface area (Å²) in [5, 5.41) is 3.20. The Labute approximate surface area is 150 Å². The summed E-state index contributed by atoms with van der Waals surface area (Å²) in [5.74, 6) is -1.83. The molecule has 2 aliphatic rings. The Balaban J connectivity index is 1.73. The highest BCUT2D eigenvalue weighted by atomic mass is 35.5. The molecule has 0 saturated carbocycles. The van der Waals surface area contributed by atoms with E-state index in [2.05, 4.69) is 17.3 Å². The van der Waals surface area contributed by atoms with Gasteiger partial charge in [0.1, 0.15) is 0 Å². The summed E-state index contributed by atoms with van der Waals surface area (Å²) in [6.07, 6.45) is -1.82. The van der Waals surface area contributed by atoms with E-state index in [1.807, 2.05) is 0 Å². The molecule has 2 aliphatic heterocycles. The molecule has 7 heteroatoms. The van der Waals surface area contributed by atoms with Crippen LogP contribution in [0.2, 0.25) is 5.02 Å². The second kappa shape index (κ2) is 7.16. The summed E-state index contributed by atoms with van der Waals surface area (Å²) < 4.78 is 39.0. The molecule has 0 radical (unpaired) electrons. The Kier molecular flexibility index (Phi) is 5.30. The number of alkyl halides is 3. The predicted molar refractivity (Wildman–Crippen MR) is 90.6 cm³/mol. The first-order valence-electron chi connectivity index (χ1n) is 8.57. The van der Waals surface area contributed by atoms with Crippen molar-refractivity contribution in [1.29, 1.82) is 0 Å². The fourth-order valence-electron chi connectivity index (χ4n) is 4.15. The van der Waals surface area contributed by atoms with E-state index in [1.54, 1.807) is 12.1 Å². The van der Waals surface area contributed by atoms with Gasteiger partial charge in [-0.15, -0.1) is 0 Å². The highest BCUT2D eigenvalue weighted by molar-refractivity contribution is 6.30. The molecule has 0 aromatic heterocycles. The monoisotopic (exact) mass is 374 g/mol. The van der Waals surface area contributed by atoms with Gasteiger partial charge in [0.2, 0.25) is 5.91 Å². The fourth-order valence-corrected chi connectivity index (χ4v) is 4.35. The molecule has 1 N–H and O–H groups in total. The molecular weight excluding hydrogens is 353 g/mol. The van der Waals surface area contributed by atoms with E-state index in [0.29, 0.717) is 22.7 Å². The average molecular weight is 375 g/mol. The molecular formula is C18H22ClF3N2O. The summed E-state index contributed by atoms with van der Waals surface area (Å²) in [6, 6.07) is 6.89. The second-order valence-electron chi connectivity index (χ2n) is 7.15. The average Bonchev–Trinajstić information content (AvgIpc) is 2.73. The van der Waals surface area contributed by atoms with E-state index in [-0.39, 0.29) is 6.04 Å². The Bertz CT molecular complexity index is 623. The number of nitrogens with one attached hydrogen (secondary N) is 1. The van der Waals surface area contributed by atoms with Crippen LogP contribution in [0.1, 0.15) is 43.6 Å². The number of nitrogens with zero attached hydrogens (tertiary/aromatic N) is 1. The molecule has 2 heterocycles. The number of fused-ring (bicyclic) bond motifs is 2. The largest absolute Gasteiger partial charge is 0.390 e. The molecule has 3 atom stereocenters. The number of halogens is 4. The van der Waals surface area contributed by atoms with Gasteiger partial charge in [-0.3, -0.25) is 4.79 Å². The summed E-state index contributed by atoms with van der Waals surface area (Å²) in [4.78, 5) is 15.0. The maximum absolute atomic E-state index is 13.0. The van der Waals surface area contributed by atoms with Crippen LogP contribution in [0.5, 0.6) is 0 Å². The first-order chi connectivity index (χ1) is 11.7. The Morgan fingerprint density at radius 2 is 1.96 bits per heavy atom. The summed E-state index contributed by atoms with van der Waals surface area (Å²) >= 11 is 5.90. The predicted octanol–water partition coefficient (Wildman–Crippen LogP) is 4.12. The number of rotatable bonds is 4. The van der Waals surface area contributed by atoms with E-state index in [1.165, 1.54) is 12.1 Å². The molecule has 0 aliphatic carbocycles. The maximum atomic E-state index is 13.0. The number of amides is 1. The number of hydrogen-bond donors (Lipinski definition) is 1. The van der Waals surface area contributed by atoms with E-state index >= 15 is 0 Å². The topological polar surface area (TPSA) is 32.3 Å². The van der Waals surface area contributed by atoms with Crippen LogP contribution in [0.4, 0.5) is 13.2 Å². The zero-order valence-electron chi connectivity index (χ0n) is 14.0. The number of carbonyl (C=O) groups is 1. The van der Waals surface area contributed by atoms with Crippen LogP contribution in [0.25, 0.3) is 0 Å². The standard InChI is InChI=1S/C18H22ClF3N2O/c1-24-14-5-6-15(24)9-13(8-14)23-17(25)16(10-18(20,21)22)11-3-2-4-12(19)7-11/h2-4,7,13-16H,5-6,8-10H2,1H3,(H,23,25)/t14-,15-,16?/m0/s1. The first-order valence-corrected chi connectivity index (χ1v) is 8.95. The Hall–Kier alpha value is -1.27. The third-order valence-electron chi connectivity index (χ3n) is 5.45. The van der Waals surface area contributed by atoms with E-state index in [4.69, 9.17) is 11.6 Å². The van der Waals surface area contributed by atoms with Crippen LogP contribution in [0.3, 0.4) is 0 Å². The van der Waals surface area contributed by atoms with Gasteiger partial charge in [-0.25, -0.2) is 0 Å². The number of hydrogen-bond acceptors (Lipinski definition) is 2. The summed E-state index contributed by atoms with van der Waals surface area (Å²) in [6.45, 7) is 0. The maximum Gasteiger partial charge on any atom is 0.390 e. The van der Waals surface area contributed by atoms with Gasteiger partial charge in [-0.05, 0) is 50.4 Å². The molecule has 1 aromatic carbocycles. The van der Waals surface area contributed by atoms with Crippen LogP contribution in [0, 0.1) is 0 Å². The second-order valence-corrected chi connectivity index (χ2v) is 7.59.